The number of carbonyl (C=O) groups excluding carboxylic acids is 1. The fraction of sp³-hybridized carbons (Fsp3) is 0.0870. The van der Waals surface area contributed by atoms with E-state index in [9.17, 15) is 13.2 Å². The van der Waals surface area contributed by atoms with Gasteiger partial charge in [-0.05, 0) is 53.9 Å². The van der Waals surface area contributed by atoms with E-state index in [1.54, 1.807) is 41.1 Å². The Bertz CT molecular complexity index is 1480. The fourth-order valence-corrected chi connectivity index (χ4v) is 4.54. The Morgan fingerprint density at radius 1 is 1.11 bits per heavy atom. The second kappa shape index (κ2) is 10.1. The number of rotatable bonds is 8. The molecular weight excluding hydrogens is 490 g/mol. The van der Waals surface area contributed by atoms with Gasteiger partial charge in [-0.15, -0.1) is 11.3 Å². The van der Waals surface area contributed by atoms with Crippen molar-refractivity contribution < 1.29 is 22.7 Å². The average Bonchev–Trinajstić information content (AvgIpc) is 3.53. The number of carbonyl (C=O) groups is 1. The largest absolute Gasteiger partial charge is 0.493 e. The van der Waals surface area contributed by atoms with Crippen molar-refractivity contribution >= 4 is 33.5 Å². The molecule has 0 saturated carbocycles. The van der Waals surface area contributed by atoms with Gasteiger partial charge in [-0.3, -0.25) is 4.79 Å². The van der Waals surface area contributed by atoms with E-state index >= 15 is 0 Å². The van der Waals surface area contributed by atoms with Gasteiger partial charge in [-0.1, -0.05) is 12.1 Å². The monoisotopic (exact) mass is 511 g/mol. The quantitative estimate of drug-likeness (QED) is 0.275. The molecule has 2 aromatic heterocycles. The van der Waals surface area contributed by atoms with Gasteiger partial charge in [0.1, 0.15) is 0 Å². The number of hydrazone groups is 1. The zero-order valence-corrected chi connectivity index (χ0v) is 20.3. The van der Waals surface area contributed by atoms with Gasteiger partial charge in [-0.25, -0.2) is 23.7 Å². The van der Waals surface area contributed by atoms with Gasteiger partial charge in [-0.2, -0.15) is 10.2 Å². The summed E-state index contributed by atoms with van der Waals surface area (Å²) < 4.78 is 35.3. The van der Waals surface area contributed by atoms with E-state index in [-0.39, 0.29) is 10.6 Å². The first kappa shape index (κ1) is 24.1. The summed E-state index contributed by atoms with van der Waals surface area (Å²) in [5.74, 6) is 0.497. The Hall–Kier alpha value is -4.00. The lowest BCUT2D eigenvalue weighted by atomic mass is 10.2. The zero-order chi connectivity index (χ0) is 25.0. The molecule has 0 spiro atoms. The van der Waals surface area contributed by atoms with E-state index in [0.717, 1.165) is 4.88 Å². The number of nitrogens with zero attached hydrogens (tertiary/aromatic N) is 3. The molecule has 4 aromatic rings. The number of benzene rings is 2. The van der Waals surface area contributed by atoms with Crippen LogP contribution in [0.3, 0.4) is 0 Å². The van der Waals surface area contributed by atoms with Crippen LogP contribution in [-0.2, 0) is 10.0 Å². The van der Waals surface area contributed by atoms with Gasteiger partial charge >= 0.3 is 0 Å². The van der Waals surface area contributed by atoms with Crippen molar-refractivity contribution in [3.8, 4) is 27.8 Å². The van der Waals surface area contributed by atoms with E-state index < -0.39 is 15.9 Å². The lowest BCUT2D eigenvalue weighted by molar-refractivity contribution is 0.0949. The SMILES string of the molecule is COc1cccc(/C=N\NC(=O)c2cc(-c3cccs3)n(-c3ccc(S(N)(=O)=O)cc3)n2)c1OC. The van der Waals surface area contributed by atoms with Crippen LogP contribution in [0.25, 0.3) is 16.3 Å². The van der Waals surface area contributed by atoms with Crippen LogP contribution >= 0.6 is 11.3 Å². The van der Waals surface area contributed by atoms with E-state index in [1.807, 2.05) is 17.5 Å². The Kier molecular flexibility index (Phi) is 6.96. The Morgan fingerprint density at radius 2 is 1.89 bits per heavy atom. The maximum absolute atomic E-state index is 12.8. The number of hydrogen-bond acceptors (Lipinski definition) is 8. The van der Waals surface area contributed by atoms with Gasteiger partial charge in [0.05, 0.1) is 41.6 Å². The van der Waals surface area contributed by atoms with E-state index in [0.29, 0.717) is 28.4 Å². The van der Waals surface area contributed by atoms with Crippen LogP contribution in [0.1, 0.15) is 16.1 Å². The predicted octanol–water partition coefficient (Wildman–Crippen LogP) is 3.03. The summed E-state index contributed by atoms with van der Waals surface area (Å²) in [6.07, 6.45) is 1.45. The molecule has 2 heterocycles. The van der Waals surface area contributed by atoms with Crippen molar-refractivity contribution in [2.75, 3.05) is 14.2 Å². The fourth-order valence-electron chi connectivity index (χ4n) is 3.30. The normalized spacial score (nSPS) is 11.5. The van der Waals surface area contributed by atoms with Crippen molar-refractivity contribution in [1.82, 2.24) is 15.2 Å². The molecular formula is C23H21N5O5S2. The van der Waals surface area contributed by atoms with E-state index in [2.05, 4.69) is 15.6 Å². The van der Waals surface area contributed by atoms with Crippen molar-refractivity contribution in [3.63, 3.8) is 0 Å². The third-order valence-electron chi connectivity index (χ3n) is 4.93. The molecule has 0 aliphatic carbocycles. The second-order valence-corrected chi connectivity index (χ2v) is 9.63. The van der Waals surface area contributed by atoms with Crippen LogP contribution in [0.15, 0.2) is 76.0 Å². The molecule has 4 rings (SSSR count). The molecule has 0 atom stereocenters. The van der Waals surface area contributed by atoms with Crippen LogP contribution in [0.2, 0.25) is 0 Å². The van der Waals surface area contributed by atoms with Crippen molar-refractivity contribution in [2.24, 2.45) is 10.2 Å². The maximum atomic E-state index is 12.8. The number of methoxy groups -OCH3 is 2. The summed E-state index contributed by atoms with van der Waals surface area (Å²) in [5.41, 5.74) is 4.43. The van der Waals surface area contributed by atoms with Crippen molar-refractivity contribution in [1.29, 1.82) is 0 Å². The lowest BCUT2D eigenvalue weighted by Crippen LogP contribution is -2.18. The highest BCUT2D eigenvalue weighted by Crippen LogP contribution is 2.30. The summed E-state index contributed by atoms with van der Waals surface area (Å²) in [6.45, 7) is 0. The number of para-hydroxylation sites is 1. The van der Waals surface area contributed by atoms with Crippen molar-refractivity contribution in [2.45, 2.75) is 4.90 Å². The molecule has 10 nitrogen and oxygen atoms in total. The first-order valence-corrected chi connectivity index (χ1v) is 12.6. The standard InChI is InChI=1S/C23H21N5O5S2/c1-32-20-6-3-5-15(22(20)33-2)14-25-26-23(29)18-13-19(21-7-4-12-34-21)28(27-18)16-8-10-17(11-9-16)35(24,30)31/h3-14H,1-2H3,(H,26,29)(H2,24,30,31)/b25-14-. The third kappa shape index (κ3) is 5.24. The first-order chi connectivity index (χ1) is 16.8. The molecule has 0 fully saturated rings. The number of thiophene rings is 1. The van der Waals surface area contributed by atoms with Crippen LogP contribution in [0.5, 0.6) is 11.5 Å². The number of hydrogen-bond donors (Lipinski definition) is 2. The number of nitrogens with one attached hydrogen (secondary N) is 1. The highest BCUT2D eigenvalue weighted by atomic mass is 32.2. The van der Waals surface area contributed by atoms with Crippen LogP contribution < -0.4 is 20.0 Å². The second-order valence-electron chi connectivity index (χ2n) is 7.12. The molecule has 12 heteroatoms. The molecule has 1 amide bonds. The summed E-state index contributed by atoms with van der Waals surface area (Å²) >= 11 is 1.48. The number of nitrogens with two attached hydrogens (primary N) is 1. The maximum Gasteiger partial charge on any atom is 0.291 e. The highest BCUT2D eigenvalue weighted by molar-refractivity contribution is 7.89. The number of primary sulfonamides is 1. The number of aromatic nitrogens is 2. The topological polar surface area (TPSA) is 138 Å². The molecule has 35 heavy (non-hydrogen) atoms. The molecule has 0 bridgehead atoms. The first-order valence-electron chi connectivity index (χ1n) is 10.1. The molecule has 0 aliphatic rings. The molecule has 3 N–H and O–H groups in total. The summed E-state index contributed by atoms with van der Waals surface area (Å²) in [5, 5.41) is 15.5. The Balaban J connectivity index is 1.62. The summed E-state index contributed by atoms with van der Waals surface area (Å²) in [4.78, 5) is 13.7. The van der Waals surface area contributed by atoms with Gasteiger partial charge in [0.25, 0.3) is 5.91 Å². The number of sulfonamides is 1. The zero-order valence-electron chi connectivity index (χ0n) is 18.7. The minimum Gasteiger partial charge on any atom is -0.493 e. The van der Waals surface area contributed by atoms with Crippen LogP contribution in [0.4, 0.5) is 0 Å². The number of ether oxygens (including phenoxy) is 2. The lowest BCUT2D eigenvalue weighted by Gasteiger charge is -2.09. The Labute approximate surface area is 205 Å². The smallest absolute Gasteiger partial charge is 0.291 e. The van der Waals surface area contributed by atoms with Gasteiger partial charge in [0.15, 0.2) is 17.2 Å². The molecule has 0 aliphatic heterocycles. The van der Waals surface area contributed by atoms with Crippen LogP contribution in [-0.4, -0.2) is 44.5 Å². The molecule has 0 unspecified atom stereocenters. The molecule has 0 radical (unpaired) electrons. The minimum atomic E-state index is -3.83. The Morgan fingerprint density at radius 3 is 2.51 bits per heavy atom. The molecule has 2 aromatic carbocycles. The highest BCUT2D eigenvalue weighted by Gasteiger charge is 2.18. The van der Waals surface area contributed by atoms with E-state index in [4.69, 9.17) is 14.6 Å². The summed E-state index contributed by atoms with van der Waals surface area (Å²) in [6, 6.07) is 16.6. The van der Waals surface area contributed by atoms with Gasteiger partial charge in [0, 0.05) is 5.56 Å². The minimum absolute atomic E-state index is 0.0219. The molecule has 0 saturated heterocycles. The number of amides is 1. The third-order valence-corrected chi connectivity index (χ3v) is 6.75. The van der Waals surface area contributed by atoms with E-state index in [1.165, 1.54) is 43.9 Å². The van der Waals surface area contributed by atoms with Gasteiger partial charge in [0.2, 0.25) is 10.0 Å². The average molecular weight is 512 g/mol. The van der Waals surface area contributed by atoms with Crippen LogP contribution in [0, 0.1) is 0 Å². The van der Waals surface area contributed by atoms with Gasteiger partial charge < -0.3 is 9.47 Å². The van der Waals surface area contributed by atoms with Crippen molar-refractivity contribution in [3.05, 3.63) is 77.3 Å². The predicted molar refractivity (Wildman–Crippen MR) is 133 cm³/mol. The molecule has 180 valence electrons. The summed E-state index contributed by atoms with van der Waals surface area (Å²) in [7, 11) is -0.782.